The summed E-state index contributed by atoms with van der Waals surface area (Å²) in [6.45, 7) is 0.806. The maximum Gasteiger partial charge on any atom is 0.141 e. The fourth-order valence-corrected chi connectivity index (χ4v) is 2.09. The molecule has 1 fully saturated rings. The molecule has 1 unspecified atom stereocenters. The molecule has 1 saturated carbocycles. The number of methoxy groups -OCH3 is 1. The lowest BCUT2D eigenvalue weighted by Crippen LogP contribution is -2.17. The van der Waals surface area contributed by atoms with Crippen LogP contribution >= 0.6 is 0 Å². The minimum Gasteiger partial charge on any atom is -0.495 e. The lowest BCUT2D eigenvalue weighted by Gasteiger charge is -2.14. The number of rotatable bonds is 4. The first-order valence-corrected chi connectivity index (χ1v) is 5.90. The SMILES string of the molecule is COc1ccccc1NCC1=CC2CC2=CN1. The van der Waals surface area contributed by atoms with E-state index in [1.165, 1.54) is 17.7 Å². The molecule has 0 aromatic heterocycles. The predicted octanol–water partition coefficient (Wildman–Crippen LogP) is 2.50. The van der Waals surface area contributed by atoms with Crippen LogP contribution in [0.5, 0.6) is 5.75 Å². The Bertz CT molecular complexity index is 491. The summed E-state index contributed by atoms with van der Waals surface area (Å²) in [6, 6.07) is 7.97. The Morgan fingerprint density at radius 1 is 1.41 bits per heavy atom. The molecule has 2 N–H and O–H groups in total. The van der Waals surface area contributed by atoms with Crippen molar-refractivity contribution in [1.82, 2.24) is 5.32 Å². The van der Waals surface area contributed by atoms with E-state index in [9.17, 15) is 0 Å². The van der Waals surface area contributed by atoms with E-state index in [4.69, 9.17) is 4.74 Å². The number of nitrogens with one attached hydrogen (secondary N) is 2. The van der Waals surface area contributed by atoms with Gasteiger partial charge in [0.1, 0.15) is 5.75 Å². The number of para-hydroxylation sites is 2. The van der Waals surface area contributed by atoms with Crippen molar-refractivity contribution in [2.45, 2.75) is 6.42 Å². The van der Waals surface area contributed by atoms with Crippen molar-refractivity contribution in [3.63, 3.8) is 0 Å². The van der Waals surface area contributed by atoms with Gasteiger partial charge in [0.2, 0.25) is 0 Å². The van der Waals surface area contributed by atoms with Crippen molar-refractivity contribution in [2.24, 2.45) is 5.92 Å². The number of anilines is 1. The maximum atomic E-state index is 5.30. The molecular weight excluding hydrogens is 212 g/mol. The molecule has 1 aromatic carbocycles. The van der Waals surface area contributed by atoms with Gasteiger partial charge < -0.3 is 15.4 Å². The van der Waals surface area contributed by atoms with Crippen LogP contribution in [0.4, 0.5) is 5.69 Å². The Morgan fingerprint density at radius 3 is 3.12 bits per heavy atom. The highest BCUT2D eigenvalue weighted by Crippen LogP contribution is 2.40. The first kappa shape index (κ1) is 10.3. The molecule has 0 spiro atoms. The van der Waals surface area contributed by atoms with E-state index in [1.807, 2.05) is 24.3 Å². The smallest absolute Gasteiger partial charge is 0.141 e. The van der Waals surface area contributed by atoms with Gasteiger partial charge in [-0.15, -0.1) is 0 Å². The highest BCUT2D eigenvalue weighted by atomic mass is 16.5. The average Bonchev–Trinajstić information content (AvgIpc) is 3.15. The predicted molar refractivity (Wildman–Crippen MR) is 68.9 cm³/mol. The molecule has 3 heteroatoms. The molecule has 1 aromatic rings. The monoisotopic (exact) mass is 228 g/mol. The van der Waals surface area contributed by atoms with E-state index in [-0.39, 0.29) is 0 Å². The third-order valence-corrected chi connectivity index (χ3v) is 3.19. The Balaban J connectivity index is 1.64. The Labute approximate surface area is 101 Å². The molecule has 1 aliphatic heterocycles. The molecule has 0 bridgehead atoms. The number of fused-ring (bicyclic) bond motifs is 1. The Hall–Kier alpha value is -1.90. The molecule has 0 saturated heterocycles. The summed E-state index contributed by atoms with van der Waals surface area (Å²) in [5.41, 5.74) is 3.79. The van der Waals surface area contributed by atoms with Gasteiger partial charge in [-0.1, -0.05) is 18.2 Å². The van der Waals surface area contributed by atoms with Crippen molar-refractivity contribution in [2.75, 3.05) is 19.0 Å². The molecular formula is C14H16N2O. The van der Waals surface area contributed by atoms with Crippen LogP contribution in [0.1, 0.15) is 6.42 Å². The van der Waals surface area contributed by atoms with Crippen LogP contribution in [0.15, 0.2) is 47.8 Å². The van der Waals surface area contributed by atoms with Crippen molar-refractivity contribution >= 4 is 5.69 Å². The van der Waals surface area contributed by atoms with Crippen LogP contribution in [-0.4, -0.2) is 13.7 Å². The van der Waals surface area contributed by atoms with Gasteiger partial charge in [0.25, 0.3) is 0 Å². The van der Waals surface area contributed by atoms with Gasteiger partial charge in [-0.25, -0.2) is 0 Å². The first-order valence-electron chi connectivity index (χ1n) is 5.90. The van der Waals surface area contributed by atoms with Crippen LogP contribution in [-0.2, 0) is 0 Å². The normalized spacial score (nSPS) is 20.6. The zero-order chi connectivity index (χ0) is 11.7. The standard InChI is InChI=1S/C14H16N2O/c1-17-14-5-3-2-4-13(14)16-9-12-7-10-6-11(10)8-15-12/h2-5,7-8,10,15-16H,6,9H2,1H3. The van der Waals surface area contributed by atoms with Gasteiger partial charge in [0.05, 0.1) is 19.3 Å². The number of allylic oxidation sites excluding steroid dienone is 2. The Morgan fingerprint density at radius 2 is 2.29 bits per heavy atom. The third-order valence-electron chi connectivity index (χ3n) is 3.19. The molecule has 1 aliphatic carbocycles. The minimum absolute atomic E-state index is 0.700. The van der Waals surface area contributed by atoms with Crippen LogP contribution in [0, 0.1) is 5.92 Å². The number of ether oxygens (including phenoxy) is 1. The molecule has 2 aliphatic rings. The summed E-state index contributed by atoms with van der Waals surface area (Å²) < 4.78 is 5.30. The second-order valence-electron chi connectivity index (χ2n) is 4.42. The topological polar surface area (TPSA) is 33.3 Å². The molecule has 3 nitrogen and oxygen atoms in total. The van der Waals surface area contributed by atoms with E-state index in [1.54, 1.807) is 7.11 Å². The fourth-order valence-electron chi connectivity index (χ4n) is 2.09. The zero-order valence-electron chi connectivity index (χ0n) is 9.86. The molecule has 88 valence electrons. The molecule has 0 amide bonds. The van der Waals surface area contributed by atoms with Gasteiger partial charge in [-0.3, -0.25) is 0 Å². The summed E-state index contributed by atoms with van der Waals surface area (Å²) in [5.74, 6) is 1.58. The summed E-state index contributed by atoms with van der Waals surface area (Å²) in [5, 5.41) is 6.70. The lowest BCUT2D eigenvalue weighted by atomic mass is 10.2. The lowest BCUT2D eigenvalue weighted by molar-refractivity contribution is 0.416. The molecule has 1 atom stereocenters. The van der Waals surface area contributed by atoms with E-state index in [0.717, 1.165) is 18.0 Å². The van der Waals surface area contributed by atoms with Crippen LogP contribution in [0.2, 0.25) is 0 Å². The molecule has 1 heterocycles. The largest absolute Gasteiger partial charge is 0.495 e. The van der Waals surface area contributed by atoms with Crippen LogP contribution in [0.25, 0.3) is 0 Å². The van der Waals surface area contributed by atoms with Gasteiger partial charge in [0.15, 0.2) is 0 Å². The van der Waals surface area contributed by atoms with Gasteiger partial charge >= 0.3 is 0 Å². The fraction of sp³-hybridized carbons (Fsp3) is 0.286. The second kappa shape index (κ2) is 4.17. The first-order chi connectivity index (χ1) is 8.36. The molecule has 17 heavy (non-hydrogen) atoms. The van der Waals surface area contributed by atoms with E-state index >= 15 is 0 Å². The molecule has 3 rings (SSSR count). The number of benzene rings is 1. The Kier molecular flexibility index (Phi) is 2.52. The summed E-state index contributed by atoms with van der Waals surface area (Å²) >= 11 is 0. The van der Waals surface area contributed by atoms with Gasteiger partial charge in [-0.2, -0.15) is 0 Å². The summed E-state index contributed by atoms with van der Waals surface area (Å²) in [4.78, 5) is 0. The average molecular weight is 228 g/mol. The highest BCUT2D eigenvalue weighted by molar-refractivity contribution is 5.56. The van der Waals surface area contributed by atoms with Crippen molar-refractivity contribution in [3.8, 4) is 5.75 Å². The quantitative estimate of drug-likeness (QED) is 0.830. The van der Waals surface area contributed by atoms with E-state index in [2.05, 4.69) is 22.9 Å². The minimum atomic E-state index is 0.700. The number of hydrogen-bond acceptors (Lipinski definition) is 3. The summed E-state index contributed by atoms with van der Waals surface area (Å²) in [6.07, 6.45) is 5.66. The second-order valence-corrected chi connectivity index (χ2v) is 4.42. The van der Waals surface area contributed by atoms with Crippen molar-refractivity contribution in [1.29, 1.82) is 0 Å². The highest BCUT2D eigenvalue weighted by Gasteiger charge is 2.30. The molecule has 0 radical (unpaired) electrons. The van der Waals surface area contributed by atoms with Gasteiger partial charge in [-0.05, 0) is 24.1 Å². The summed E-state index contributed by atoms with van der Waals surface area (Å²) in [7, 11) is 1.69. The van der Waals surface area contributed by atoms with E-state index in [0.29, 0.717) is 5.92 Å². The zero-order valence-corrected chi connectivity index (χ0v) is 9.86. The van der Waals surface area contributed by atoms with Crippen molar-refractivity contribution in [3.05, 3.63) is 47.8 Å². The van der Waals surface area contributed by atoms with Crippen LogP contribution in [0.3, 0.4) is 0 Å². The number of hydrogen-bond donors (Lipinski definition) is 2. The third kappa shape index (κ3) is 2.13. The van der Waals surface area contributed by atoms with Crippen LogP contribution < -0.4 is 15.4 Å². The van der Waals surface area contributed by atoms with E-state index < -0.39 is 0 Å². The maximum absolute atomic E-state index is 5.30. The van der Waals surface area contributed by atoms with Crippen molar-refractivity contribution < 1.29 is 4.74 Å². The number of dihydropyridines is 1. The van der Waals surface area contributed by atoms with Gasteiger partial charge in [0, 0.05) is 17.8 Å².